The van der Waals surface area contributed by atoms with Crippen molar-refractivity contribution in [2.24, 2.45) is 0 Å². The molecule has 2 bridgehead atoms. The van der Waals surface area contributed by atoms with E-state index in [2.05, 4.69) is 10.3 Å². The monoisotopic (exact) mass is 454 g/mol. The molecule has 2 N–H and O–H groups in total. The third-order valence-electron chi connectivity index (χ3n) is 6.31. The zero-order valence-electron chi connectivity index (χ0n) is 18.2. The van der Waals surface area contributed by atoms with Crippen LogP contribution in [0.15, 0.2) is 35.3 Å². The average molecular weight is 454 g/mol. The summed E-state index contributed by atoms with van der Waals surface area (Å²) in [5.74, 6) is -0.714. The molecule has 2 atom stereocenters. The molecule has 33 heavy (non-hydrogen) atoms. The van der Waals surface area contributed by atoms with E-state index in [-0.39, 0.29) is 35.5 Å². The van der Waals surface area contributed by atoms with Crippen LogP contribution in [0.1, 0.15) is 22.3 Å². The molecule has 2 saturated heterocycles. The number of nitrogens with one attached hydrogen (secondary N) is 1. The highest BCUT2D eigenvalue weighted by Crippen LogP contribution is 2.31. The number of aromatic nitrogens is 2. The fourth-order valence-corrected chi connectivity index (χ4v) is 4.73. The summed E-state index contributed by atoms with van der Waals surface area (Å²) in [4.78, 5) is 31.0. The second-order valence-electron chi connectivity index (χ2n) is 8.34. The lowest BCUT2D eigenvalue weighted by Gasteiger charge is -2.29. The predicted molar refractivity (Wildman–Crippen MR) is 119 cm³/mol. The number of carboxylic acid groups (broad SMARTS) is 1. The number of methoxy groups -OCH3 is 2. The summed E-state index contributed by atoms with van der Waals surface area (Å²) < 4.78 is 27.3. The number of halogens is 1. The van der Waals surface area contributed by atoms with Crippen molar-refractivity contribution in [1.29, 1.82) is 0 Å². The Balaban J connectivity index is 1.68. The molecule has 2 aromatic heterocycles. The van der Waals surface area contributed by atoms with E-state index in [1.807, 2.05) is 4.90 Å². The number of pyridine rings is 2. The molecule has 0 aliphatic carbocycles. The summed E-state index contributed by atoms with van der Waals surface area (Å²) in [6.45, 7) is 1.55. The van der Waals surface area contributed by atoms with Crippen LogP contribution in [0.2, 0.25) is 0 Å². The van der Waals surface area contributed by atoms with E-state index in [4.69, 9.17) is 9.47 Å². The minimum absolute atomic E-state index is 0.0755. The molecule has 4 heterocycles. The highest BCUT2D eigenvalue weighted by molar-refractivity contribution is 5.92. The van der Waals surface area contributed by atoms with Crippen molar-refractivity contribution < 1.29 is 23.8 Å². The van der Waals surface area contributed by atoms with E-state index in [0.717, 1.165) is 24.6 Å². The summed E-state index contributed by atoms with van der Waals surface area (Å²) >= 11 is 0. The molecule has 0 amide bonds. The van der Waals surface area contributed by atoms with Gasteiger partial charge in [0.15, 0.2) is 11.6 Å². The first-order chi connectivity index (χ1) is 15.9. The van der Waals surface area contributed by atoms with Gasteiger partial charge in [-0.1, -0.05) is 0 Å². The summed E-state index contributed by atoms with van der Waals surface area (Å²) in [7, 11) is 3.07. The van der Waals surface area contributed by atoms with Crippen LogP contribution in [0.3, 0.4) is 0 Å². The fourth-order valence-electron chi connectivity index (χ4n) is 4.73. The lowest BCUT2D eigenvalue weighted by molar-refractivity contribution is 0.0695. The van der Waals surface area contributed by atoms with Crippen LogP contribution in [-0.2, 0) is 6.54 Å². The van der Waals surface area contributed by atoms with Crippen molar-refractivity contribution in [3.8, 4) is 11.5 Å². The molecule has 2 aliphatic heterocycles. The minimum Gasteiger partial charge on any atom is -0.497 e. The Morgan fingerprint density at radius 1 is 1.24 bits per heavy atom. The first-order valence-corrected chi connectivity index (χ1v) is 10.6. The maximum Gasteiger partial charge on any atom is 0.341 e. The number of rotatable bonds is 6. The number of ether oxygens (including phenoxy) is 2. The molecule has 0 radical (unpaired) electrons. The van der Waals surface area contributed by atoms with Crippen molar-refractivity contribution in [2.45, 2.75) is 25.0 Å². The van der Waals surface area contributed by atoms with Gasteiger partial charge in [-0.05, 0) is 30.2 Å². The number of hydrogen-bond acceptors (Lipinski definition) is 7. The number of carbonyl (C=O) groups is 1. The molecule has 2 aliphatic rings. The van der Waals surface area contributed by atoms with Crippen molar-refractivity contribution >= 4 is 22.8 Å². The van der Waals surface area contributed by atoms with E-state index in [0.29, 0.717) is 18.0 Å². The van der Waals surface area contributed by atoms with Gasteiger partial charge in [0.05, 0.1) is 19.6 Å². The van der Waals surface area contributed by atoms with Crippen LogP contribution in [0.25, 0.3) is 11.0 Å². The zero-order valence-corrected chi connectivity index (χ0v) is 18.2. The average Bonchev–Trinajstić information content (AvgIpc) is 3.44. The van der Waals surface area contributed by atoms with Gasteiger partial charge < -0.3 is 29.4 Å². The molecule has 10 heteroatoms. The molecule has 0 spiro atoms. The van der Waals surface area contributed by atoms with Crippen molar-refractivity contribution in [3.05, 3.63) is 57.6 Å². The lowest BCUT2D eigenvalue weighted by atomic mass is 10.1. The summed E-state index contributed by atoms with van der Waals surface area (Å²) in [5.41, 5.74) is -0.251. The maximum atomic E-state index is 15.1. The van der Waals surface area contributed by atoms with Gasteiger partial charge in [0.2, 0.25) is 5.43 Å². The van der Waals surface area contributed by atoms with Gasteiger partial charge in [0.1, 0.15) is 22.7 Å². The van der Waals surface area contributed by atoms with Crippen molar-refractivity contribution in [2.75, 3.05) is 32.2 Å². The van der Waals surface area contributed by atoms with Crippen LogP contribution in [0.5, 0.6) is 11.5 Å². The molecule has 1 aromatic carbocycles. The van der Waals surface area contributed by atoms with Gasteiger partial charge in [-0.15, -0.1) is 0 Å². The van der Waals surface area contributed by atoms with Crippen LogP contribution < -0.4 is 25.1 Å². The molecule has 2 fully saturated rings. The first-order valence-electron chi connectivity index (χ1n) is 10.6. The van der Waals surface area contributed by atoms with Crippen LogP contribution >= 0.6 is 0 Å². The SMILES string of the molecule is COc1cc(Cn2cc(C(=O)O)c(=O)c3cc(F)c(N4C[C@@H]5C[C@H]4CN5)nc32)cc(OC)c1. The van der Waals surface area contributed by atoms with E-state index in [1.165, 1.54) is 20.4 Å². The zero-order chi connectivity index (χ0) is 23.3. The predicted octanol–water partition coefficient (Wildman–Crippen LogP) is 1.85. The highest BCUT2D eigenvalue weighted by atomic mass is 19.1. The number of benzene rings is 1. The van der Waals surface area contributed by atoms with Crippen molar-refractivity contribution in [3.63, 3.8) is 0 Å². The number of anilines is 1. The first kappa shape index (κ1) is 21.2. The van der Waals surface area contributed by atoms with Gasteiger partial charge in [0, 0.05) is 44.0 Å². The van der Waals surface area contributed by atoms with Crippen LogP contribution in [-0.4, -0.2) is 60.0 Å². The molecule has 0 unspecified atom stereocenters. The highest BCUT2D eigenvalue weighted by Gasteiger charge is 2.39. The van der Waals surface area contributed by atoms with Gasteiger partial charge in [-0.2, -0.15) is 0 Å². The van der Waals surface area contributed by atoms with Gasteiger partial charge in [-0.3, -0.25) is 4.79 Å². The molecule has 0 saturated carbocycles. The summed E-state index contributed by atoms with van der Waals surface area (Å²) in [6, 6.07) is 6.81. The van der Waals surface area contributed by atoms with Gasteiger partial charge in [0.25, 0.3) is 0 Å². The Hall–Kier alpha value is -3.66. The standard InChI is InChI=1S/C23H23FN4O5/c1-32-15-3-12(4-16(6-15)33-2)9-27-11-18(23(30)31)20(29)17-7-19(24)22(26-21(17)27)28-10-13-5-14(28)8-25-13/h3-4,6-7,11,13-14,25H,5,8-10H2,1-2H3,(H,30,31)/t13-,14-/m0/s1. The molecule has 9 nitrogen and oxygen atoms in total. The third kappa shape index (κ3) is 3.66. The molecule has 3 aromatic rings. The normalized spacial score (nSPS) is 19.3. The maximum absolute atomic E-state index is 15.1. The number of hydrogen-bond donors (Lipinski definition) is 2. The third-order valence-corrected chi connectivity index (χ3v) is 6.31. The van der Waals surface area contributed by atoms with E-state index in [1.54, 1.807) is 22.8 Å². The number of piperazine rings is 1. The second-order valence-corrected chi connectivity index (χ2v) is 8.34. The smallest absolute Gasteiger partial charge is 0.341 e. The Kier molecular flexibility index (Phi) is 5.16. The summed E-state index contributed by atoms with van der Waals surface area (Å²) in [6.07, 6.45) is 2.17. The fraction of sp³-hybridized carbons (Fsp3) is 0.348. The van der Waals surface area contributed by atoms with Crippen LogP contribution in [0.4, 0.5) is 10.2 Å². The summed E-state index contributed by atoms with van der Waals surface area (Å²) in [5, 5.41) is 12.9. The lowest BCUT2D eigenvalue weighted by Crippen LogP contribution is -2.44. The Morgan fingerprint density at radius 2 is 1.97 bits per heavy atom. The number of nitrogens with zero attached hydrogens (tertiary/aromatic N) is 3. The second kappa shape index (κ2) is 8.04. The number of fused-ring (bicyclic) bond motifs is 3. The number of aromatic carboxylic acids is 1. The van der Waals surface area contributed by atoms with Gasteiger partial charge in [-0.25, -0.2) is 14.2 Å². The van der Waals surface area contributed by atoms with Gasteiger partial charge >= 0.3 is 5.97 Å². The molecule has 5 rings (SSSR count). The number of carboxylic acids is 1. The topological polar surface area (TPSA) is 106 Å². The molecule has 172 valence electrons. The largest absolute Gasteiger partial charge is 0.497 e. The van der Waals surface area contributed by atoms with E-state index >= 15 is 4.39 Å². The Morgan fingerprint density at radius 3 is 2.55 bits per heavy atom. The van der Waals surface area contributed by atoms with Crippen LogP contribution in [0, 0.1) is 5.82 Å². The van der Waals surface area contributed by atoms with E-state index in [9.17, 15) is 14.7 Å². The molecular formula is C23H23FN4O5. The molecular weight excluding hydrogens is 431 g/mol. The Bertz CT molecular complexity index is 1300. The quantitative estimate of drug-likeness (QED) is 0.582. The Labute approximate surface area is 188 Å². The minimum atomic E-state index is -1.38. The van der Waals surface area contributed by atoms with Crippen molar-refractivity contribution in [1.82, 2.24) is 14.9 Å². The van der Waals surface area contributed by atoms with E-state index < -0.39 is 22.8 Å².